The second kappa shape index (κ2) is 5.35. The Hall–Kier alpha value is -1.31. The molecule has 1 nitrogen and oxygen atoms in total. The van der Waals surface area contributed by atoms with Gasteiger partial charge in [-0.1, -0.05) is 18.7 Å². The van der Waals surface area contributed by atoms with Crippen LogP contribution in [-0.4, -0.2) is 5.11 Å². The summed E-state index contributed by atoms with van der Waals surface area (Å²) in [5, 5.41) is 8.59. The van der Waals surface area contributed by atoms with E-state index in [2.05, 4.69) is 13.2 Å². The van der Waals surface area contributed by atoms with Crippen LogP contribution in [0.3, 0.4) is 0 Å². The van der Waals surface area contributed by atoms with Crippen LogP contribution in [0.4, 0.5) is 4.39 Å². The van der Waals surface area contributed by atoms with Crippen molar-refractivity contribution in [3.05, 3.63) is 48.5 Å². The first kappa shape index (κ1) is 10.7. The van der Waals surface area contributed by atoms with E-state index in [-0.39, 0.29) is 5.76 Å². The third kappa shape index (κ3) is 6.81. The Labute approximate surface area is 72.2 Å². The lowest BCUT2D eigenvalue weighted by Crippen LogP contribution is -1.72. The monoisotopic (exact) mass is 168 g/mol. The van der Waals surface area contributed by atoms with E-state index < -0.39 is 5.83 Å². The summed E-state index contributed by atoms with van der Waals surface area (Å²) in [4.78, 5) is 0. The number of allylic oxidation sites excluding steroid dienone is 5. The first-order valence-electron chi connectivity index (χ1n) is 3.58. The molecule has 0 aromatic carbocycles. The normalized spacial score (nSPS) is 12.0. The molecule has 0 saturated carbocycles. The SMILES string of the molecule is C=C(O)/C=C\C(F)=C/CC(=C)C. The molecule has 0 rings (SSSR count). The highest BCUT2D eigenvalue weighted by Crippen LogP contribution is 2.05. The standard InChI is InChI=1S/C10H13FO/c1-8(2)4-6-10(11)7-5-9(3)12/h5-7,12H,1,3-4H2,2H3/b7-5-,10-6+. The molecule has 0 heterocycles. The van der Waals surface area contributed by atoms with Crippen molar-refractivity contribution < 1.29 is 9.50 Å². The van der Waals surface area contributed by atoms with Gasteiger partial charge in [-0.05, 0) is 31.6 Å². The molecule has 0 radical (unpaired) electrons. The quantitative estimate of drug-likeness (QED) is 0.387. The fourth-order valence-electron chi connectivity index (χ4n) is 0.516. The lowest BCUT2D eigenvalue weighted by molar-refractivity contribution is 0.435. The summed E-state index contributed by atoms with van der Waals surface area (Å²) in [6.07, 6.45) is 4.26. The van der Waals surface area contributed by atoms with Gasteiger partial charge in [-0.15, -0.1) is 0 Å². The number of rotatable bonds is 4. The molecular weight excluding hydrogens is 155 g/mol. The Kier molecular flexibility index (Phi) is 4.77. The van der Waals surface area contributed by atoms with Crippen molar-refractivity contribution in [2.45, 2.75) is 13.3 Å². The van der Waals surface area contributed by atoms with Crippen LogP contribution in [0.5, 0.6) is 0 Å². The summed E-state index contributed by atoms with van der Waals surface area (Å²) in [5.74, 6) is -0.554. The average molecular weight is 168 g/mol. The lowest BCUT2D eigenvalue weighted by Gasteiger charge is -1.90. The van der Waals surface area contributed by atoms with Gasteiger partial charge in [0.15, 0.2) is 0 Å². The van der Waals surface area contributed by atoms with Crippen molar-refractivity contribution in [3.63, 3.8) is 0 Å². The Morgan fingerprint density at radius 3 is 2.42 bits per heavy atom. The molecule has 0 fully saturated rings. The van der Waals surface area contributed by atoms with E-state index in [1.807, 2.05) is 6.92 Å². The van der Waals surface area contributed by atoms with Gasteiger partial charge in [-0.25, -0.2) is 4.39 Å². The Balaban J connectivity index is 4.02. The largest absolute Gasteiger partial charge is 0.509 e. The van der Waals surface area contributed by atoms with Crippen molar-refractivity contribution in [3.8, 4) is 0 Å². The van der Waals surface area contributed by atoms with Crippen molar-refractivity contribution >= 4 is 0 Å². The topological polar surface area (TPSA) is 20.2 Å². The molecule has 0 saturated heterocycles. The molecule has 0 amide bonds. The molecule has 0 aliphatic rings. The number of aliphatic hydroxyl groups is 1. The van der Waals surface area contributed by atoms with E-state index in [1.54, 1.807) is 0 Å². The summed E-state index contributed by atoms with van der Waals surface area (Å²) in [6.45, 7) is 8.62. The molecule has 0 aliphatic heterocycles. The average Bonchev–Trinajstić information content (AvgIpc) is 1.96. The van der Waals surface area contributed by atoms with Gasteiger partial charge in [0.1, 0.15) is 11.6 Å². The highest BCUT2D eigenvalue weighted by atomic mass is 19.1. The second-order valence-corrected chi connectivity index (χ2v) is 2.57. The highest BCUT2D eigenvalue weighted by Gasteiger charge is 1.87. The maximum absolute atomic E-state index is 12.7. The van der Waals surface area contributed by atoms with Crippen molar-refractivity contribution in [1.29, 1.82) is 0 Å². The molecule has 0 aromatic rings. The number of aliphatic hydroxyl groups excluding tert-OH is 1. The maximum atomic E-state index is 12.7. The van der Waals surface area contributed by atoms with E-state index in [0.717, 1.165) is 11.6 Å². The molecule has 0 aromatic heterocycles. The third-order valence-electron chi connectivity index (χ3n) is 1.08. The van der Waals surface area contributed by atoms with Crippen molar-refractivity contribution in [1.82, 2.24) is 0 Å². The Morgan fingerprint density at radius 1 is 1.42 bits per heavy atom. The van der Waals surface area contributed by atoms with E-state index >= 15 is 0 Å². The summed E-state index contributed by atoms with van der Waals surface area (Å²) in [7, 11) is 0. The van der Waals surface area contributed by atoms with E-state index in [1.165, 1.54) is 12.2 Å². The Bertz CT molecular complexity index is 236. The molecular formula is C10H13FO. The molecule has 0 spiro atoms. The molecule has 0 unspecified atom stereocenters. The second-order valence-electron chi connectivity index (χ2n) is 2.57. The van der Waals surface area contributed by atoms with Crippen LogP contribution in [0.25, 0.3) is 0 Å². The minimum Gasteiger partial charge on any atom is -0.509 e. The predicted molar refractivity (Wildman–Crippen MR) is 49.5 cm³/mol. The minimum absolute atomic E-state index is 0.158. The van der Waals surface area contributed by atoms with Crippen LogP contribution in [0.2, 0.25) is 0 Å². The number of halogens is 1. The van der Waals surface area contributed by atoms with Gasteiger partial charge in [0, 0.05) is 0 Å². The van der Waals surface area contributed by atoms with Gasteiger partial charge in [0.2, 0.25) is 0 Å². The molecule has 2 heteroatoms. The van der Waals surface area contributed by atoms with Gasteiger partial charge in [0.05, 0.1) is 0 Å². The highest BCUT2D eigenvalue weighted by molar-refractivity contribution is 5.19. The molecule has 66 valence electrons. The van der Waals surface area contributed by atoms with Crippen LogP contribution in [-0.2, 0) is 0 Å². The number of hydrogen-bond acceptors (Lipinski definition) is 1. The van der Waals surface area contributed by atoms with Crippen LogP contribution in [0.15, 0.2) is 48.5 Å². The zero-order chi connectivity index (χ0) is 9.56. The molecule has 0 bridgehead atoms. The van der Waals surface area contributed by atoms with Crippen LogP contribution in [0, 0.1) is 0 Å². The summed E-state index contributed by atoms with van der Waals surface area (Å²) >= 11 is 0. The van der Waals surface area contributed by atoms with Gasteiger partial charge in [-0.2, -0.15) is 0 Å². The lowest BCUT2D eigenvalue weighted by atomic mass is 10.2. The van der Waals surface area contributed by atoms with Crippen molar-refractivity contribution in [2.24, 2.45) is 0 Å². The summed E-state index contributed by atoms with van der Waals surface area (Å²) < 4.78 is 12.7. The van der Waals surface area contributed by atoms with E-state index in [0.29, 0.717) is 6.42 Å². The van der Waals surface area contributed by atoms with Crippen LogP contribution >= 0.6 is 0 Å². The third-order valence-corrected chi connectivity index (χ3v) is 1.08. The van der Waals surface area contributed by atoms with E-state index in [9.17, 15) is 4.39 Å². The van der Waals surface area contributed by atoms with Gasteiger partial charge in [-0.3, -0.25) is 0 Å². The number of hydrogen-bond donors (Lipinski definition) is 1. The Morgan fingerprint density at radius 2 is 2.00 bits per heavy atom. The fourth-order valence-corrected chi connectivity index (χ4v) is 0.516. The summed E-state index contributed by atoms with van der Waals surface area (Å²) in [6, 6.07) is 0. The molecule has 0 aliphatic carbocycles. The summed E-state index contributed by atoms with van der Waals surface area (Å²) in [5.41, 5.74) is 0.890. The zero-order valence-corrected chi connectivity index (χ0v) is 7.18. The van der Waals surface area contributed by atoms with Gasteiger partial charge in [0.25, 0.3) is 0 Å². The van der Waals surface area contributed by atoms with Gasteiger partial charge < -0.3 is 5.11 Å². The smallest absolute Gasteiger partial charge is 0.119 e. The van der Waals surface area contributed by atoms with Gasteiger partial charge >= 0.3 is 0 Å². The first-order chi connectivity index (χ1) is 5.52. The maximum Gasteiger partial charge on any atom is 0.119 e. The first-order valence-corrected chi connectivity index (χ1v) is 3.58. The predicted octanol–water partition coefficient (Wildman–Crippen LogP) is 3.43. The van der Waals surface area contributed by atoms with Crippen LogP contribution in [0.1, 0.15) is 13.3 Å². The minimum atomic E-state index is -0.395. The molecule has 0 atom stereocenters. The fraction of sp³-hybridized carbons (Fsp3) is 0.200. The van der Waals surface area contributed by atoms with E-state index in [4.69, 9.17) is 5.11 Å². The van der Waals surface area contributed by atoms with Crippen LogP contribution < -0.4 is 0 Å². The van der Waals surface area contributed by atoms with Crippen molar-refractivity contribution in [2.75, 3.05) is 0 Å². The molecule has 12 heavy (non-hydrogen) atoms. The zero-order valence-electron chi connectivity index (χ0n) is 7.18. The molecule has 1 N–H and O–H groups in total.